The normalized spacial score (nSPS) is 24.6. The smallest absolute Gasteiger partial charge is 0.313 e. The summed E-state index contributed by atoms with van der Waals surface area (Å²) in [7, 11) is 0. The minimum absolute atomic E-state index is 0.0271. The minimum Gasteiger partial charge on any atom is -0.458 e. The van der Waals surface area contributed by atoms with E-state index in [-0.39, 0.29) is 18.2 Å². The zero-order valence-corrected chi connectivity index (χ0v) is 14.1. The lowest BCUT2D eigenvalue weighted by atomic mass is 9.76. The minimum atomic E-state index is -0.592. The van der Waals surface area contributed by atoms with Crippen molar-refractivity contribution in [3.63, 3.8) is 0 Å². The van der Waals surface area contributed by atoms with E-state index in [9.17, 15) is 9.59 Å². The first-order chi connectivity index (χ1) is 11.6. The molecule has 0 amide bonds. The van der Waals surface area contributed by atoms with Crippen LogP contribution in [0.25, 0.3) is 0 Å². The maximum absolute atomic E-state index is 12.1. The number of cyclic esters (lactones) is 1. The van der Waals surface area contributed by atoms with Crippen LogP contribution < -0.4 is 0 Å². The number of terminal acetylenes is 1. The molecule has 126 valence electrons. The Balaban J connectivity index is 1.77. The highest BCUT2D eigenvalue weighted by atomic mass is 16.6. The predicted octanol–water partition coefficient (Wildman–Crippen LogP) is 3.63. The van der Waals surface area contributed by atoms with Crippen LogP contribution in [0.5, 0.6) is 0 Å². The Bertz CT molecular complexity index is 646. The van der Waals surface area contributed by atoms with Gasteiger partial charge in [0.05, 0.1) is 0 Å². The monoisotopic (exact) mass is 324 g/mol. The van der Waals surface area contributed by atoms with E-state index < -0.39 is 5.60 Å². The first kappa shape index (κ1) is 16.8. The van der Waals surface area contributed by atoms with E-state index >= 15 is 0 Å². The Hall–Kier alpha value is -2.08. The van der Waals surface area contributed by atoms with Crippen LogP contribution in [-0.4, -0.2) is 17.4 Å². The number of carbonyl (C=O) groups is 2. The number of Topliss-reactive ketones (excluding diaryl/α,β-unsaturated/α-hetero) is 1. The van der Waals surface area contributed by atoms with E-state index in [1.165, 1.54) is 5.56 Å². The molecule has 3 heteroatoms. The van der Waals surface area contributed by atoms with Gasteiger partial charge in [-0.2, -0.15) is 0 Å². The fourth-order valence-electron chi connectivity index (χ4n) is 4.25. The lowest BCUT2D eigenvalue weighted by molar-refractivity contribution is -0.178. The average Bonchev–Trinajstić information content (AvgIpc) is 3.08. The third-order valence-corrected chi connectivity index (χ3v) is 5.39. The van der Waals surface area contributed by atoms with Gasteiger partial charge in [-0.25, -0.2) is 0 Å². The van der Waals surface area contributed by atoms with Gasteiger partial charge < -0.3 is 4.74 Å². The summed E-state index contributed by atoms with van der Waals surface area (Å²) in [4.78, 5) is 24.0. The number of ketones is 1. The molecule has 24 heavy (non-hydrogen) atoms. The SMILES string of the molecule is C#CCc1cccc(CCC2(C3CCCC3)CC(=O)CC(=O)O2)c1. The number of hydrogen-bond acceptors (Lipinski definition) is 3. The summed E-state index contributed by atoms with van der Waals surface area (Å²) in [6, 6.07) is 8.24. The van der Waals surface area contributed by atoms with Crippen molar-refractivity contribution in [2.45, 2.75) is 63.4 Å². The van der Waals surface area contributed by atoms with Gasteiger partial charge in [-0.1, -0.05) is 37.1 Å². The van der Waals surface area contributed by atoms with Crippen LogP contribution >= 0.6 is 0 Å². The van der Waals surface area contributed by atoms with Crippen molar-refractivity contribution in [2.24, 2.45) is 5.92 Å². The number of aryl methyl sites for hydroxylation is 1. The molecule has 1 aliphatic carbocycles. The maximum Gasteiger partial charge on any atom is 0.313 e. The van der Waals surface area contributed by atoms with Gasteiger partial charge in [0.25, 0.3) is 0 Å². The van der Waals surface area contributed by atoms with Crippen molar-refractivity contribution in [3.05, 3.63) is 35.4 Å². The zero-order valence-electron chi connectivity index (χ0n) is 14.1. The summed E-state index contributed by atoms with van der Waals surface area (Å²) in [6.45, 7) is 0. The van der Waals surface area contributed by atoms with Crippen LogP contribution in [0.3, 0.4) is 0 Å². The third kappa shape index (κ3) is 3.70. The fourth-order valence-corrected chi connectivity index (χ4v) is 4.25. The second kappa shape index (κ2) is 7.21. The quantitative estimate of drug-likeness (QED) is 0.472. The molecule has 0 aromatic heterocycles. The molecule has 1 aliphatic heterocycles. The van der Waals surface area contributed by atoms with E-state index in [1.54, 1.807) is 0 Å². The van der Waals surface area contributed by atoms with Crippen molar-refractivity contribution in [2.75, 3.05) is 0 Å². The topological polar surface area (TPSA) is 43.4 Å². The Morgan fingerprint density at radius 1 is 1.21 bits per heavy atom. The van der Waals surface area contributed by atoms with Crippen LogP contribution in [0.15, 0.2) is 24.3 Å². The molecule has 1 saturated carbocycles. The molecule has 0 N–H and O–H groups in total. The van der Waals surface area contributed by atoms with E-state index in [2.05, 4.69) is 18.1 Å². The number of carbonyl (C=O) groups excluding carboxylic acids is 2. The van der Waals surface area contributed by atoms with Gasteiger partial charge in [-0.15, -0.1) is 12.3 Å². The van der Waals surface area contributed by atoms with Crippen molar-refractivity contribution in [3.8, 4) is 12.3 Å². The molecule has 0 bridgehead atoms. The first-order valence-electron chi connectivity index (χ1n) is 8.86. The van der Waals surface area contributed by atoms with E-state index in [1.807, 2.05) is 12.1 Å². The van der Waals surface area contributed by atoms with Gasteiger partial charge >= 0.3 is 5.97 Å². The largest absolute Gasteiger partial charge is 0.458 e. The fraction of sp³-hybridized carbons (Fsp3) is 0.524. The van der Waals surface area contributed by atoms with Crippen LogP contribution in [-0.2, 0) is 27.2 Å². The molecule has 0 radical (unpaired) electrons. The average molecular weight is 324 g/mol. The summed E-state index contributed by atoms with van der Waals surface area (Å²) in [5.41, 5.74) is 1.72. The van der Waals surface area contributed by atoms with Gasteiger partial charge in [0.15, 0.2) is 0 Å². The van der Waals surface area contributed by atoms with Gasteiger partial charge in [0.2, 0.25) is 0 Å². The molecule has 2 aliphatic rings. The molecule has 1 atom stereocenters. The number of rotatable bonds is 5. The summed E-state index contributed by atoms with van der Waals surface area (Å²) in [5.74, 6) is 2.66. The molecule has 1 unspecified atom stereocenters. The Morgan fingerprint density at radius 2 is 1.96 bits per heavy atom. The highest BCUT2D eigenvalue weighted by molar-refractivity contribution is 5.98. The van der Waals surface area contributed by atoms with Crippen molar-refractivity contribution < 1.29 is 14.3 Å². The van der Waals surface area contributed by atoms with Gasteiger partial charge in [0, 0.05) is 12.8 Å². The number of benzene rings is 1. The molecule has 1 saturated heterocycles. The lowest BCUT2D eigenvalue weighted by Gasteiger charge is -2.41. The highest BCUT2D eigenvalue weighted by Crippen LogP contribution is 2.43. The van der Waals surface area contributed by atoms with Crippen LogP contribution in [0.2, 0.25) is 0 Å². The Labute approximate surface area is 143 Å². The van der Waals surface area contributed by atoms with Gasteiger partial charge in [0.1, 0.15) is 17.8 Å². The van der Waals surface area contributed by atoms with E-state index in [0.717, 1.165) is 37.7 Å². The van der Waals surface area contributed by atoms with Crippen molar-refractivity contribution in [1.29, 1.82) is 0 Å². The summed E-state index contributed by atoms with van der Waals surface area (Å²) >= 11 is 0. The lowest BCUT2D eigenvalue weighted by Crippen LogP contribution is -2.48. The molecular weight excluding hydrogens is 300 g/mol. The zero-order chi connectivity index (χ0) is 17.0. The summed E-state index contributed by atoms with van der Waals surface area (Å²) < 4.78 is 5.84. The molecular formula is C21H24O3. The first-order valence-corrected chi connectivity index (χ1v) is 8.86. The summed E-state index contributed by atoms with van der Waals surface area (Å²) in [6.07, 6.45) is 12.3. The molecule has 1 aromatic carbocycles. The number of hydrogen-bond donors (Lipinski definition) is 0. The Kier molecular flexibility index (Phi) is 5.04. The molecule has 3 nitrogen and oxygen atoms in total. The van der Waals surface area contributed by atoms with Crippen molar-refractivity contribution >= 4 is 11.8 Å². The predicted molar refractivity (Wildman–Crippen MR) is 92.3 cm³/mol. The molecule has 1 aromatic rings. The van der Waals surface area contributed by atoms with E-state index in [0.29, 0.717) is 25.2 Å². The highest BCUT2D eigenvalue weighted by Gasteiger charge is 2.47. The third-order valence-electron chi connectivity index (χ3n) is 5.39. The number of ether oxygens (including phenoxy) is 1. The molecule has 3 rings (SSSR count). The second-order valence-electron chi connectivity index (χ2n) is 7.11. The molecule has 1 heterocycles. The summed E-state index contributed by atoms with van der Waals surface area (Å²) in [5, 5.41) is 0. The van der Waals surface area contributed by atoms with Crippen LogP contribution in [0.1, 0.15) is 56.1 Å². The van der Waals surface area contributed by atoms with Gasteiger partial charge in [-0.3, -0.25) is 9.59 Å². The van der Waals surface area contributed by atoms with Crippen LogP contribution in [0.4, 0.5) is 0 Å². The standard InChI is InChI=1S/C21H24O3/c1-2-6-16-7-5-8-17(13-16)11-12-21(18-9-3-4-10-18)15-19(22)14-20(23)24-21/h1,5,7-8,13,18H,3-4,6,9-12,14-15H2. The Morgan fingerprint density at radius 3 is 2.67 bits per heavy atom. The molecule has 0 spiro atoms. The van der Waals surface area contributed by atoms with Crippen molar-refractivity contribution in [1.82, 2.24) is 0 Å². The van der Waals surface area contributed by atoms with E-state index in [4.69, 9.17) is 11.2 Å². The number of esters is 1. The maximum atomic E-state index is 12.1. The van der Waals surface area contributed by atoms with Gasteiger partial charge in [-0.05, 0) is 42.7 Å². The molecule has 2 fully saturated rings. The second-order valence-corrected chi connectivity index (χ2v) is 7.11. The van der Waals surface area contributed by atoms with Crippen LogP contribution in [0, 0.1) is 18.3 Å².